The zero-order chi connectivity index (χ0) is 10.9. The van der Waals surface area contributed by atoms with E-state index in [2.05, 4.69) is 12.3 Å². The largest absolute Gasteiger partial charge is 0.492 e. The van der Waals surface area contributed by atoms with E-state index in [4.69, 9.17) is 10.6 Å². The lowest BCUT2D eigenvalue weighted by Gasteiger charge is -2.16. The molecule has 0 fully saturated rings. The summed E-state index contributed by atoms with van der Waals surface area (Å²) in [6.07, 6.45) is 3.41. The Labute approximate surface area is 91.6 Å². The highest BCUT2D eigenvalue weighted by molar-refractivity contribution is 5.20. The summed E-state index contributed by atoms with van der Waals surface area (Å²) < 4.78 is 5.61. The van der Waals surface area contributed by atoms with E-state index in [0.717, 1.165) is 12.2 Å². The minimum absolute atomic E-state index is 0.241. The van der Waals surface area contributed by atoms with Gasteiger partial charge in [-0.2, -0.15) is 0 Å². The topological polar surface area (TPSA) is 47.3 Å². The highest BCUT2D eigenvalue weighted by atomic mass is 16.5. The average Bonchev–Trinajstić information content (AvgIpc) is 2.31. The van der Waals surface area contributed by atoms with Crippen molar-refractivity contribution in [3.05, 3.63) is 30.3 Å². The lowest BCUT2D eigenvalue weighted by Crippen LogP contribution is -2.39. The van der Waals surface area contributed by atoms with Gasteiger partial charge in [0.1, 0.15) is 12.4 Å². The third kappa shape index (κ3) is 4.81. The summed E-state index contributed by atoms with van der Waals surface area (Å²) in [6, 6.07) is 10.0. The number of nitrogens with one attached hydrogen (secondary N) is 1. The van der Waals surface area contributed by atoms with E-state index < -0.39 is 0 Å². The Morgan fingerprint density at radius 2 is 2.07 bits per heavy atom. The minimum Gasteiger partial charge on any atom is -0.492 e. The van der Waals surface area contributed by atoms with Gasteiger partial charge >= 0.3 is 0 Å². The molecule has 0 aromatic heterocycles. The van der Waals surface area contributed by atoms with Crippen molar-refractivity contribution in [2.75, 3.05) is 6.61 Å². The van der Waals surface area contributed by atoms with Gasteiger partial charge in [-0.1, -0.05) is 38.0 Å². The Morgan fingerprint density at radius 3 is 2.67 bits per heavy atom. The maximum Gasteiger partial charge on any atom is 0.119 e. The second kappa shape index (κ2) is 7.26. The van der Waals surface area contributed by atoms with Gasteiger partial charge in [-0.3, -0.25) is 11.3 Å². The van der Waals surface area contributed by atoms with Crippen molar-refractivity contribution in [2.45, 2.75) is 32.2 Å². The molecule has 1 aromatic rings. The van der Waals surface area contributed by atoms with Crippen LogP contribution in [-0.4, -0.2) is 12.6 Å². The molecule has 1 rings (SSSR count). The molecule has 0 aliphatic rings. The van der Waals surface area contributed by atoms with Crippen molar-refractivity contribution in [3.63, 3.8) is 0 Å². The molecule has 0 aliphatic carbocycles. The van der Waals surface area contributed by atoms with Crippen LogP contribution in [0.4, 0.5) is 0 Å². The van der Waals surface area contributed by atoms with Gasteiger partial charge in [0.15, 0.2) is 0 Å². The van der Waals surface area contributed by atoms with Gasteiger partial charge in [-0.05, 0) is 18.6 Å². The molecule has 0 saturated heterocycles. The summed E-state index contributed by atoms with van der Waals surface area (Å²) in [5, 5.41) is 0. The number of unbranched alkanes of at least 4 members (excludes halogenated alkanes) is 1. The molecule has 0 saturated carbocycles. The molecule has 0 amide bonds. The summed E-state index contributed by atoms with van der Waals surface area (Å²) in [6.45, 7) is 2.80. The summed E-state index contributed by atoms with van der Waals surface area (Å²) >= 11 is 0. The summed E-state index contributed by atoms with van der Waals surface area (Å²) in [5.74, 6) is 6.35. The highest BCUT2D eigenvalue weighted by Crippen LogP contribution is 2.09. The van der Waals surface area contributed by atoms with Gasteiger partial charge in [0.2, 0.25) is 0 Å². The number of para-hydroxylation sites is 1. The fourth-order valence-corrected chi connectivity index (χ4v) is 1.38. The van der Waals surface area contributed by atoms with Crippen LogP contribution in [-0.2, 0) is 0 Å². The van der Waals surface area contributed by atoms with Gasteiger partial charge in [0.25, 0.3) is 0 Å². The molecule has 3 heteroatoms. The third-order valence-electron chi connectivity index (χ3n) is 2.34. The SMILES string of the molecule is CCCCC(COc1ccccc1)NN. The number of rotatable bonds is 7. The van der Waals surface area contributed by atoms with Crippen LogP contribution in [0.25, 0.3) is 0 Å². The van der Waals surface area contributed by atoms with Gasteiger partial charge in [-0.15, -0.1) is 0 Å². The van der Waals surface area contributed by atoms with Gasteiger partial charge < -0.3 is 4.74 Å². The molecule has 0 spiro atoms. The van der Waals surface area contributed by atoms with Crippen LogP contribution < -0.4 is 16.0 Å². The fraction of sp³-hybridized carbons (Fsp3) is 0.500. The van der Waals surface area contributed by atoms with Gasteiger partial charge in [0, 0.05) is 0 Å². The smallest absolute Gasteiger partial charge is 0.119 e. The quantitative estimate of drug-likeness (QED) is 0.533. The Balaban J connectivity index is 2.28. The second-order valence-corrected chi connectivity index (χ2v) is 3.63. The summed E-state index contributed by atoms with van der Waals surface area (Å²) in [4.78, 5) is 0. The normalized spacial score (nSPS) is 12.4. The molecule has 1 aromatic carbocycles. The zero-order valence-corrected chi connectivity index (χ0v) is 9.28. The van der Waals surface area contributed by atoms with Crippen LogP contribution in [0.5, 0.6) is 5.75 Å². The van der Waals surface area contributed by atoms with E-state index in [0.29, 0.717) is 6.61 Å². The van der Waals surface area contributed by atoms with Gasteiger partial charge in [-0.25, -0.2) is 0 Å². The molecule has 0 radical (unpaired) electrons. The molecule has 0 aliphatic heterocycles. The van der Waals surface area contributed by atoms with Crippen LogP contribution >= 0.6 is 0 Å². The molecule has 1 atom stereocenters. The first-order valence-corrected chi connectivity index (χ1v) is 5.50. The molecule has 3 N–H and O–H groups in total. The number of nitrogens with two attached hydrogens (primary N) is 1. The van der Waals surface area contributed by atoms with Crippen molar-refractivity contribution < 1.29 is 4.74 Å². The van der Waals surface area contributed by atoms with Crippen LogP contribution in [0.2, 0.25) is 0 Å². The van der Waals surface area contributed by atoms with Crippen LogP contribution in [0.1, 0.15) is 26.2 Å². The Morgan fingerprint density at radius 1 is 1.33 bits per heavy atom. The van der Waals surface area contributed by atoms with Crippen molar-refractivity contribution in [1.82, 2.24) is 5.43 Å². The lowest BCUT2D eigenvalue weighted by molar-refractivity contribution is 0.255. The van der Waals surface area contributed by atoms with Crippen molar-refractivity contribution in [1.29, 1.82) is 0 Å². The third-order valence-corrected chi connectivity index (χ3v) is 2.34. The zero-order valence-electron chi connectivity index (χ0n) is 9.28. The summed E-state index contributed by atoms with van der Waals surface area (Å²) in [7, 11) is 0. The number of ether oxygens (including phenoxy) is 1. The van der Waals surface area contributed by atoms with E-state index in [-0.39, 0.29) is 6.04 Å². The standard InChI is InChI=1S/C12H20N2O/c1-2-3-7-11(14-13)10-15-12-8-5-4-6-9-12/h4-6,8-9,11,14H,2-3,7,10,13H2,1H3. The van der Waals surface area contributed by atoms with Crippen LogP contribution in [0.15, 0.2) is 30.3 Å². The monoisotopic (exact) mass is 208 g/mol. The highest BCUT2D eigenvalue weighted by Gasteiger charge is 2.06. The fourth-order valence-electron chi connectivity index (χ4n) is 1.38. The maximum absolute atomic E-state index is 5.61. The molecule has 0 heterocycles. The first-order valence-electron chi connectivity index (χ1n) is 5.50. The molecule has 1 unspecified atom stereocenters. The van der Waals surface area contributed by atoms with Gasteiger partial charge in [0.05, 0.1) is 6.04 Å². The second-order valence-electron chi connectivity index (χ2n) is 3.63. The first kappa shape index (κ1) is 12.0. The van der Waals surface area contributed by atoms with E-state index in [1.54, 1.807) is 0 Å². The van der Waals surface area contributed by atoms with Crippen LogP contribution in [0, 0.1) is 0 Å². The Hall–Kier alpha value is -1.06. The van der Waals surface area contributed by atoms with E-state index in [1.807, 2.05) is 30.3 Å². The summed E-state index contributed by atoms with van der Waals surface area (Å²) in [5.41, 5.74) is 2.78. The Kier molecular flexibility index (Phi) is 5.81. The molecular weight excluding hydrogens is 188 g/mol. The van der Waals surface area contributed by atoms with E-state index >= 15 is 0 Å². The van der Waals surface area contributed by atoms with Crippen molar-refractivity contribution >= 4 is 0 Å². The average molecular weight is 208 g/mol. The van der Waals surface area contributed by atoms with Crippen LogP contribution in [0.3, 0.4) is 0 Å². The number of hydrogen-bond acceptors (Lipinski definition) is 3. The number of hydrogen-bond donors (Lipinski definition) is 2. The molecule has 0 bridgehead atoms. The maximum atomic E-state index is 5.61. The molecule has 3 nitrogen and oxygen atoms in total. The number of hydrazine groups is 1. The molecule has 84 valence electrons. The van der Waals surface area contributed by atoms with E-state index in [1.165, 1.54) is 12.8 Å². The van der Waals surface area contributed by atoms with Crippen molar-refractivity contribution in [2.24, 2.45) is 5.84 Å². The lowest BCUT2D eigenvalue weighted by atomic mass is 10.1. The van der Waals surface area contributed by atoms with Crippen molar-refractivity contribution in [3.8, 4) is 5.75 Å². The first-order chi connectivity index (χ1) is 7.36. The molecular formula is C12H20N2O. The molecule has 15 heavy (non-hydrogen) atoms. The predicted octanol–water partition coefficient (Wildman–Crippen LogP) is 2.09. The van der Waals surface area contributed by atoms with E-state index in [9.17, 15) is 0 Å². The predicted molar refractivity (Wildman–Crippen MR) is 62.6 cm³/mol. The number of benzene rings is 1. The minimum atomic E-state index is 0.241. The Bertz CT molecular complexity index is 251.